The van der Waals surface area contributed by atoms with Gasteiger partial charge in [-0.15, -0.1) is 11.8 Å². The molecule has 0 radical (unpaired) electrons. The summed E-state index contributed by atoms with van der Waals surface area (Å²) in [5, 5.41) is 5.01. The standard InChI is InChI=1S/C16H24Cl2N2S/c1-2-19-12-13-5-7-20(8-6-13)9-10-21-16-11-14(17)3-4-15(16)18/h3-4,11,13,19H,2,5-10,12H2,1H3. The fourth-order valence-corrected chi connectivity index (χ4v) is 4.14. The average molecular weight is 347 g/mol. The summed E-state index contributed by atoms with van der Waals surface area (Å²) < 4.78 is 0. The third kappa shape index (κ3) is 5.99. The molecule has 0 aliphatic carbocycles. The number of halogens is 2. The number of hydrogen-bond acceptors (Lipinski definition) is 3. The van der Waals surface area contributed by atoms with Crippen molar-refractivity contribution in [2.75, 3.05) is 38.5 Å². The van der Waals surface area contributed by atoms with E-state index in [-0.39, 0.29) is 0 Å². The first-order valence-corrected chi connectivity index (χ1v) is 9.44. The maximum atomic E-state index is 6.19. The van der Waals surface area contributed by atoms with E-state index in [4.69, 9.17) is 23.2 Å². The molecule has 0 amide bonds. The van der Waals surface area contributed by atoms with Crippen LogP contribution in [0.3, 0.4) is 0 Å². The van der Waals surface area contributed by atoms with Crippen molar-refractivity contribution in [2.24, 2.45) is 5.92 Å². The van der Waals surface area contributed by atoms with Gasteiger partial charge in [0.1, 0.15) is 0 Å². The van der Waals surface area contributed by atoms with Crippen LogP contribution in [-0.2, 0) is 0 Å². The Morgan fingerprint density at radius 2 is 2.05 bits per heavy atom. The number of thioether (sulfide) groups is 1. The lowest BCUT2D eigenvalue weighted by Crippen LogP contribution is -2.38. The lowest BCUT2D eigenvalue weighted by molar-refractivity contribution is 0.192. The van der Waals surface area contributed by atoms with E-state index in [9.17, 15) is 0 Å². The second-order valence-corrected chi connectivity index (χ2v) is 7.50. The molecular formula is C16H24Cl2N2S. The van der Waals surface area contributed by atoms with Crippen molar-refractivity contribution in [2.45, 2.75) is 24.7 Å². The van der Waals surface area contributed by atoms with E-state index in [1.165, 1.54) is 32.5 Å². The van der Waals surface area contributed by atoms with Gasteiger partial charge in [0.25, 0.3) is 0 Å². The SMILES string of the molecule is CCNCC1CCN(CCSc2cc(Cl)ccc2Cl)CC1. The first-order valence-electron chi connectivity index (χ1n) is 7.70. The quantitative estimate of drug-likeness (QED) is 0.736. The second-order valence-electron chi connectivity index (χ2n) is 5.52. The summed E-state index contributed by atoms with van der Waals surface area (Å²) in [5.41, 5.74) is 0. The van der Waals surface area contributed by atoms with Crippen molar-refractivity contribution in [3.63, 3.8) is 0 Å². The van der Waals surface area contributed by atoms with Crippen LogP contribution in [0.4, 0.5) is 0 Å². The number of nitrogens with one attached hydrogen (secondary N) is 1. The molecule has 1 aliphatic rings. The minimum Gasteiger partial charge on any atom is -0.317 e. The Balaban J connectivity index is 1.67. The summed E-state index contributed by atoms with van der Waals surface area (Å²) in [7, 11) is 0. The summed E-state index contributed by atoms with van der Waals surface area (Å²) >= 11 is 14.0. The Morgan fingerprint density at radius 1 is 1.29 bits per heavy atom. The van der Waals surface area contributed by atoms with Crippen LogP contribution in [-0.4, -0.2) is 43.4 Å². The van der Waals surface area contributed by atoms with Gasteiger partial charge in [-0.25, -0.2) is 0 Å². The van der Waals surface area contributed by atoms with Crippen LogP contribution in [0, 0.1) is 5.92 Å². The van der Waals surface area contributed by atoms with E-state index in [0.29, 0.717) is 0 Å². The summed E-state index contributed by atoms with van der Waals surface area (Å²) in [4.78, 5) is 3.65. The molecular weight excluding hydrogens is 323 g/mol. The van der Waals surface area contributed by atoms with Crippen LogP contribution in [0.5, 0.6) is 0 Å². The molecule has 1 N–H and O–H groups in total. The van der Waals surface area contributed by atoms with Gasteiger partial charge in [0.05, 0.1) is 5.02 Å². The molecule has 0 aromatic heterocycles. The lowest BCUT2D eigenvalue weighted by Gasteiger charge is -2.31. The van der Waals surface area contributed by atoms with Crippen LogP contribution in [0.2, 0.25) is 10.0 Å². The first-order chi connectivity index (χ1) is 10.2. The number of piperidine rings is 1. The van der Waals surface area contributed by atoms with E-state index in [2.05, 4.69) is 17.1 Å². The zero-order chi connectivity index (χ0) is 15.1. The van der Waals surface area contributed by atoms with Gasteiger partial charge in [-0.1, -0.05) is 30.1 Å². The van der Waals surface area contributed by atoms with Crippen LogP contribution < -0.4 is 5.32 Å². The van der Waals surface area contributed by atoms with Crippen molar-refractivity contribution in [3.8, 4) is 0 Å². The predicted molar refractivity (Wildman–Crippen MR) is 94.9 cm³/mol. The van der Waals surface area contributed by atoms with E-state index in [1.807, 2.05) is 18.2 Å². The lowest BCUT2D eigenvalue weighted by atomic mass is 9.97. The second kappa shape index (κ2) is 9.26. The normalized spacial score (nSPS) is 17.3. The largest absolute Gasteiger partial charge is 0.317 e. The highest BCUT2D eigenvalue weighted by atomic mass is 35.5. The molecule has 0 spiro atoms. The molecule has 0 bridgehead atoms. The smallest absolute Gasteiger partial charge is 0.0542 e. The molecule has 1 aromatic carbocycles. The van der Waals surface area contributed by atoms with Crippen molar-refractivity contribution in [3.05, 3.63) is 28.2 Å². The highest BCUT2D eigenvalue weighted by Crippen LogP contribution is 2.30. The number of rotatable bonds is 7. The van der Waals surface area contributed by atoms with Gasteiger partial charge in [0, 0.05) is 22.2 Å². The molecule has 1 saturated heterocycles. The molecule has 118 valence electrons. The highest BCUT2D eigenvalue weighted by Gasteiger charge is 2.18. The molecule has 0 saturated carbocycles. The van der Waals surface area contributed by atoms with Crippen LogP contribution >= 0.6 is 35.0 Å². The van der Waals surface area contributed by atoms with Gasteiger partial charge in [0.2, 0.25) is 0 Å². The Bertz CT molecular complexity index is 434. The van der Waals surface area contributed by atoms with Crippen molar-refractivity contribution >= 4 is 35.0 Å². The molecule has 1 fully saturated rings. The van der Waals surface area contributed by atoms with Crippen molar-refractivity contribution < 1.29 is 0 Å². The van der Waals surface area contributed by atoms with Gasteiger partial charge in [-0.05, 0) is 63.1 Å². The zero-order valence-electron chi connectivity index (χ0n) is 12.6. The Kier molecular flexibility index (Phi) is 7.69. The number of hydrogen-bond donors (Lipinski definition) is 1. The predicted octanol–water partition coefficient (Wildman–Crippen LogP) is 4.41. The monoisotopic (exact) mass is 346 g/mol. The van der Waals surface area contributed by atoms with Crippen molar-refractivity contribution in [1.82, 2.24) is 10.2 Å². The average Bonchev–Trinajstić information content (AvgIpc) is 2.50. The molecule has 5 heteroatoms. The molecule has 2 nitrogen and oxygen atoms in total. The summed E-state index contributed by atoms with van der Waals surface area (Å²) in [6.07, 6.45) is 2.63. The molecule has 2 rings (SSSR count). The van der Waals surface area contributed by atoms with E-state index < -0.39 is 0 Å². The summed E-state index contributed by atoms with van der Waals surface area (Å²) in [5.74, 6) is 1.93. The molecule has 1 aliphatic heterocycles. The topological polar surface area (TPSA) is 15.3 Å². The maximum Gasteiger partial charge on any atom is 0.0542 e. The Morgan fingerprint density at radius 3 is 2.76 bits per heavy atom. The fraction of sp³-hybridized carbons (Fsp3) is 0.625. The maximum absolute atomic E-state index is 6.19. The molecule has 1 heterocycles. The third-order valence-corrected chi connectivity index (χ3v) is 5.66. The first kappa shape index (κ1) is 17.4. The van der Waals surface area contributed by atoms with Crippen LogP contribution in [0.1, 0.15) is 19.8 Å². The fourth-order valence-electron chi connectivity index (χ4n) is 2.64. The van der Waals surface area contributed by atoms with E-state index in [0.717, 1.165) is 39.7 Å². The van der Waals surface area contributed by atoms with Gasteiger partial charge < -0.3 is 10.2 Å². The summed E-state index contributed by atoms with van der Waals surface area (Å²) in [6.45, 7) is 8.00. The summed E-state index contributed by atoms with van der Waals surface area (Å²) in [6, 6.07) is 5.67. The minimum atomic E-state index is 0.756. The number of nitrogens with zero attached hydrogens (tertiary/aromatic N) is 1. The molecule has 1 aromatic rings. The van der Waals surface area contributed by atoms with Gasteiger partial charge in [-0.3, -0.25) is 0 Å². The van der Waals surface area contributed by atoms with Gasteiger partial charge in [-0.2, -0.15) is 0 Å². The molecule has 0 atom stereocenters. The van der Waals surface area contributed by atoms with Gasteiger partial charge >= 0.3 is 0 Å². The Labute approximate surface area is 142 Å². The third-order valence-electron chi connectivity index (χ3n) is 3.95. The van der Waals surface area contributed by atoms with E-state index in [1.54, 1.807) is 11.8 Å². The minimum absolute atomic E-state index is 0.756. The molecule has 21 heavy (non-hydrogen) atoms. The number of benzene rings is 1. The molecule has 0 unspecified atom stereocenters. The number of likely N-dealkylation sites (tertiary alicyclic amines) is 1. The van der Waals surface area contributed by atoms with Crippen LogP contribution in [0.15, 0.2) is 23.1 Å². The zero-order valence-corrected chi connectivity index (χ0v) is 14.9. The van der Waals surface area contributed by atoms with Crippen LogP contribution in [0.25, 0.3) is 0 Å². The van der Waals surface area contributed by atoms with Crippen molar-refractivity contribution in [1.29, 1.82) is 0 Å². The van der Waals surface area contributed by atoms with Gasteiger partial charge in [0.15, 0.2) is 0 Å². The Hall–Kier alpha value is 0.0700. The van der Waals surface area contributed by atoms with E-state index >= 15 is 0 Å². The highest BCUT2D eigenvalue weighted by molar-refractivity contribution is 7.99.